The van der Waals surface area contributed by atoms with E-state index in [9.17, 15) is 5.21 Å². The third-order valence-corrected chi connectivity index (χ3v) is 1.02. The van der Waals surface area contributed by atoms with Gasteiger partial charge in [-0.2, -0.15) is 0 Å². The van der Waals surface area contributed by atoms with Gasteiger partial charge in [0.05, 0.1) is 0 Å². The monoisotopic (exact) mass is 135 g/mol. The van der Waals surface area contributed by atoms with Crippen molar-refractivity contribution in [1.29, 1.82) is 0 Å². The minimum Gasteiger partial charge on any atom is -0.508 e. The molecule has 50 valence electrons. The third-order valence-electron chi connectivity index (χ3n) is 1.02. The molecule has 1 aromatic carbocycles. The zero-order valence-electron chi connectivity index (χ0n) is 5.11. The van der Waals surface area contributed by atoms with Crippen LogP contribution in [0, 0.1) is 11.3 Å². The molecule has 3 heteroatoms. The molecule has 0 aliphatic carbocycles. The number of rotatable bonds is 0. The molecule has 1 N–H and O–H groups in total. The van der Waals surface area contributed by atoms with Gasteiger partial charge >= 0.3 is 6.07 Å². The molecule has 1 aromatic rings. The number of hydrogen-bond donors (Lipinski definition) is 1. The van der Waals surface area contributed by atoms with E-state index < -0.39 is 0 Å². The fraction of sp³-hybridized carbons (Fsp3) is 0. The summed E-state index contributed by atoms with van der Waals surface area (Å²) in [6.07, 6.45) is 0. The summed E-state index contributed by atoms with van der Waals surface area (Å²) in [5, 5.41) is 20.9. The van der Waals surface area contributed by atoms with Crippen LogP contribution >= 0.6 is 0 Å². The van der Waals surface area contributed by atoms with Crippen molar-refractivity contribution in [2.75, 3.05) is 0 Å². The third kappa shape index (κ3) is 1.39. The predicted molar refractivity (Wildman–Crippen MR) is 37.8 cm³/mol. The molecule has 0 saturated heterocycles. The van der Waals surface area contributed by atoms with Gasteiger partial charge < -0.3 is 10.3 Å². The lowest BCUT2D eigenvalue weighted by Crippen LogP contribution is -1.70. The molecule has 0 aliphatic rings. The lowest BCUT2D eigenvalue weighted by molar-refractivity contribution is 0.475. The summed E-state index contributed by atoms with van der Waals surface area (Å²) in [5.41, 5.74) is 0.481. The minimum absolute atomic E-state index is 0.105. The largest absolute Gasteiger partial charge is 0.508 e. The van der Waals surface area contributed by atoms with Crippen LogP contribution in [-0.2, 0) is 0 Å². The number of hydrogen-bond acceptors (Lipinski definition) is 2. The van der Waals surface area contributed by atoms with E-state index in [0.29, 0.717) is 5.56 Å². The zero-order chi connectivity index (χ0) is 7.40. The van der Waals surface area contributed by atoms with Gasteiger partial charge in [-0.05, 0) is 12.1 Å². The minimum atomic E-state index is 0.105. The summed E-state index contributed by atoms with van der Waals surface area (Å²) in [5.74, 6) is 0.105. The Hall–Kier alpha value is -1.69. The van der Waals surface area contributed by atoms with Crippen LogP contribution in [0.1, 0.15) is 5.56 Å². The van der Waals surface area contributed by atoms with Gasteiger partial charge in [0.2, 0.25) is 0 Å². The average Bonchev–Trinajstić information content (AvgIpc) is 1.88. The van der Waals surface area contributed by atoms with Crippen LogP contribution in [0.4, 0.5) is 0 Å². The number of phenolic OH excluding ortho intramolecular Hbond substituents is 1. The van der Waals surface area contributed by atoms with Crippen LogP contribution < -0.4 is 0 Å². The summed E-state index contributed by atoms with van der Waals surface area (Å²) < 4.78 is 0. The summed E-state index contributed by atoms with van der Waals surface area (Å²) in [6.45, 7) is 0. The highest BCUT2D eigenvalue weighted by atomic mass is 16.4. The van der Waals surface area contributed by atoms with E-state index >= 15 is 0 Å². The highest BCUT2D eigenvalue weighted by Crippen LogP contribution is 2.09. The first-order chi connectivity index (χ1) is 4.83. The first kappa shape index (κ1) is 6.43. The Balaban J connectivity index is 3.03. The molecule has 0 heterocycles. The Labute approximate surface area is 57.9 Å². The van der Waals surface area contributed by atoms with Crippen molar-refractivity contribution in [3.05, 3.63) is 40.0 Å². The van der Waals surface area contributed by atoms with Gasteiger partial charge in [-0.25, -0.2) is 0 Å². The quantitative estimate of drug-likeness (QED) is 0.549. The van der Waals surface area contributed by atoms with Crippen molar-refractivity contribution in [1.82, 2.24) is 0 Å². The van der Waals surface area contributed by atoms with Crippen molar-refractivity contribution < 1.29 is 5.11 Å². The fourth-order valence-corrected chi connectivity index (χ4v) is 0.628. The molecule has 1 rings (SSSR count). The average molecular weight is 135 g/mol. The Morgan fingerprint density at radius 2 is 2.30 bits per heavy atom. The Kier molecular flexibility index (Phi) is 1.76. The van der Waals surface area contributed by atoms with Crippen molar-refractivity contribution in [3.8, 4) is 11.8 Å². The maximum atomic E-state index is 9.64. The molecule has 0 amide bonds. The molecule has 0 atom stereocenters. The van der Waals surface area contributed by atoms with Gasteiger partial charge in [-0.3, -0.25) is 0 Å². The molecule has 0 saturated carbocycles. The van der Waals surface area contributed by atoms with E-state index in [1.807, 2.05) is 0 Å². The van der Waals surface area contributed by atoms with E-state index in [2.05, 4.69) is 11.1 Å². The van der Waals surface area contributed by atoms with E-state index in [0.717, 1.165) is 0 Å². The number of benzene rings is 1. The van der Waals surface area contributed by atoms with Crippen LogP contribution in [0.3, 0.4) is 0 Å². The number of phenols is 1. The molecule has 0 aromatic heterocycles. The predicted octanol–water partition coefficient (Wildman–Crippen LogP) is 1.57. The molecule has 10 heavy (non-hydrogen) atoms. The lowest BCUT2D eigenvalue weighted by Gasteiger charge is -1.86. The van der Waals surface area contributed by atoms with Gasteiger partial charge in [0, 0.05) is 11.1 Å². The molecule has 0 bridgehead atoms. The maximum absolute atomic E-state index is 9.64. The molecule has 0 unspecified atom stereocenters. The smallest absolute Gasteiger partial charge is 0.336 e. The summed E-state index contributed by atoms with van der Waals surface area (Å²) in [7, 11) is 0. The molecule has 0 fully saturated rings. The number of aromatic hydroxyl groups is 1. The van der Waals surface area contributed by atoms with Gasteiger partial charge in [0.25, 0.3) is 0 Å². The normalized spacial score (nSPS) is 8.00. The zero-order valence-corrected chi connectivity index (χ0v) is 5.11. The molecule has 0 aliphatic heterocycles. The lowest BCUT2D eigenvalue weighted by atomic mass is 10.2. The van der Waals surface area contributed by atoms with Crippen molar-refractivity contribution in [2.45, 2.75) is 0 Å². The fourth-order valence-electron chi connectivity index (χ4n) is 0.628. The molecule has 0 radical (unpaired) electrons. The van der Waals surface area contributed by atoms with Gasteiger partial charge in [-0.15, -0.1) is 0 Å². The van der Waals surface area contributed by atoms with Gasteiger partial charge in [0.1, 0.15) is 11.3 Å². The standard InChI is InChI=1S/C7H5NO2/c9-7-3-1-2-6(4-7)5-8-10/h1-4,9H. The van der Waals surface area contributed by atoms with E-state index in [-0.39, 0.29) is 5.75 Å². The second-order valence-electron chi connectivity index (χ2n) is 1.75. The molecule has 0 spiro atoms. The van der Waals surface area contributed by atoms with Crippen LogP contribution in [0.25, 0.3) is 5.01 Å². The Morgan fingerprint density at radius 3 is 2.90 bits per heavy atom. The van der Waals surface area contributed by atoms with E-state index in [4.69, 9.17) is 5.11 Å². The van der Waals surface area contributed by atoms with Crippen LogP contribution in [0.2, 0.25) is 0 Å². The first-order valence-electron chi connectivity index (χ1n) is 2.70. The van der Waals surface area contributed by atoms with Crippen molar-refractivity contribution in [3.63, 3.8) is 0 Å². The van der Waals surface area contributed by atoms with Crippen LogP contribution in [0.5, 0.6) is 5.75 Å². The van der Waals surface area contributed by atoms with Crippen LogP contribution in [0.15, 0.2) is 24.3 Å². The summed E-state index contributed by atoms with van der Waals surface area (Å²) in [6, 6.07) is 8.31. The van der Waals surface area contributed by atoms with Crippen LogP contribution in [-0.4, -0.2) is 5.11 Å². The number of nitrogens with zero attached hydrogens (tertiary/aromatic N) is 1. The SMILES string of the molecule is [O-][N+]#Cc1cccc(O)c1. The molecular weight excluding hydrogens is 130 g/mol. The Morgan fingerprint density at radius 1 is 1.50 bits per heavy atom. The van der Waals surface area contributed by atoms with Crippen molar-refractivity contribution >= 4 is 0 Å². The molecular formula is C7H5NO2. The maximum Gasteiger partial charge on any atom is 0.336 e. The van der Waals surface area contributed by atoms with E-state index in [1.54, 1.807) is 12.1 Å². The summed E-state index contributed by atoms with van der Waals surface area (Å²) in [4.78, 5) is 0. The first-order valence-corrected chi connectivity index (χ1v) is 2.70. The Bertz CT molecular complexity index is 285. The van der Waals surface area contributed by atoms with Gasteiger partial charge in [0.15, 0.2) is 0 Å². The van der Waals surface area contributed by atoms with Crippen molar-refractivity contribution in [2.24, 2.45) is 0 Å². The second kappa shape index (κ2) is 2.74. The molecule has 3 nitrogen and oxygen atoms in total. The highest BCUT2D eigenvalue weighted by Gasteiger charge is 1.93. The summed E-state index contributed by atoms with van der Waals surface area (Å²) >= 11 is 0. The topological polar surface area (TPSA) is 47.6 Å². The second-order valence-corrected chi connectivity index (χ2v) is 1.75. The highest BCUT2D eigenvalue weighted by molar-refractivity contribution is 5.37. The van der Waals surface area contributed by atoms with Gasteiger partial charge in [-0.1, -0.05) is 6.07 Å². The van der Waals surface area contributed by atoms with E-state index in [1.165, 1.54) is 12.1 Å².